The van der Waals surface area contributed by atoms with E-state index in [1.54, 1.807) is 12.1 Å². The molecule has 0 spiro atoms. The SMILES string of the molecule is COc1cc(C(=O)CBr)cc(OC)n1. The van der Waals surface area contributed by atoms with Crippen LogP contribution >= 0.6 is 15.9 Å². The molecule has 0 aromatic carbocycles. The molecule has 5 heteroatoms. The number of Topliss-reactive ketones (excluding diaryl/α,β-unsaturated/α-hetero) is 1. The molecule has 0 aliphatic carbocycles. The Morgan fingerprint density at radius 1 is 1.36 bits per heavy atom. The number of carbonyl (C=O) groups is 1. The van der Waals surface area contributed by atoms with Gasteiger partial charge in [0.25, 0.3) is 0 Å². The smallest absolute Gasteiger partial charge is 0.216 e. The molecule has 1 heterocycles. The fourth-order valence-electron chi connectivity index (χ4n) is 0.928. The second kappa shape index (κ2) is 4.95. The van der Waals surface area contributed by atoms with E-state index in [4.69, 9.17) is 9.47 Å². The topological polar surface area (TPSA) is 48.4 Å². The summed E-state index contributed by atoms with van der Waals surface area (Å²) in [6.45, 7) is 0. The zero-order valence-corrected chi connectivity index (χ0v) is 9.50. The van der Waals surface area contributed by atoms with E-state index >= 15 is 0 Å². The summed E-state index contributed by atoms with van der Waals surface area (Å²) >= 11 is 3.09. The maximum absolute atomic E-state index is 11.4. The van der Waals surface area contributed by atoms with E-state index in [1.807, 2.05) is 0 Å². The maximum Gasteiger partial charge on any atom is 0.216 e. The Kier molecular flexibility index (Phi) is 3.88. The second-order valence-electron chi connectivity index (χ2n) is 2.50. The molecule has 0 radical (unpaired) electrons. The maximum atomic E-state index is 11.4. The van der Waals surface area contributed by atoms with E-state index in [1.165, 1.54) is 14.2 Å². The number of hydrogen-bond acceptors (Lipinski definition) is 4. The Labute approximate surface area is 90.4 Å². The van der Waals surface area contributed by atoms with E-state index in [0.29, 0.717) is 17.3 Å². The Balaban J connectivity index is 3.10. The van der Waals surface area contributed by atoms with Gasteiger partial charge in [0, 0.05) is 17.7 Å². The van der Waals surface area contributed by atoms with Crippen molar-refractivity contribution in [1.29, 1.82) is 0 Å². The fraction of sp³-hybridized carbons (Fsp3) is 0.333. The van der Waals surface area contributed by atoms with E-state index < -0.39 is 0 Å². The van der Waals surface area contributed by atoms with Crippen LogP contribution in [0.25, 0.3) is 0 Å². The van der Waals surface area contributed by atoms with Gasteiger partial charge < -0.3 is 9.47 Å². The van der Waals surface area contributed by atoms with Gasteiger partial charge in [-0.15, -0.1) is 0 Å². The molecule has 0 bridgehead atoms. The zero-order chi connectivity index (χ0) is 10.6. The summed E-state index contributed by atoms with van der Waals surface area (Å²) in [6.07, 6.45) is 0. The molecule has 1 rings (SSSR count). The summed E-state index contributed by atoms with van der Waals surface area (Å²) in [4.78, 5) is 15.3. The summed E-state index contributed by atoms with van der Waals surface area (Å²) in [5, 5.41) is 0.267. The van der Waals surface area contributed by atoms with Crippen molar-refractivity contribution in [3.63, 3.8) is 0 Å². The number of rotatable bonds is 4. The summed E-state index contributed by atoms with van der Waals surface area (Å²) in [7, 11) is 2.98. The van der Waals surface area contributed by atoms with Gasteiger partial charge in [0.2, 0.25) is 11.8 Å². The number of methoxy groups -OCH3 is 2. The van der Waals surface area contributed by atoms with Crippen LogP contribution in [0.3, 0.4) is 0 Å². The molecular formula is C9H10BrNO3. The van der Waals surface area contributed by atoms with Gasteiger partial charge in [-0.05, 0) is 0 Å². The van der Waals surface area contributed by atoms with E-state index in [0.717, 1.165) is 0 Å². The van der Waals surface area contributed by atoms with Crippen molar-refractivity contribution in [1.82, 2.24) is 4.98 Å². The summed E-state index contributed by atoms with van der Waals surface area (Å²) in [5.41, 5.74) is 0.519. The normalized spacial score (nSPS) is 9.64. The van der Waals surface area contributed by atoms with Gasteiger partial charge in [0.1, 0.15) is 0 Å². The minimum Gasteiger partial charge on any atom is -0.481 e. The molecule has 0 amide bonds. The number of hydrogen-bond donors (Lipinski definition) is 0. The number of carbonyl (C=O) groups excluding carboxylic acids is 1. The number of nitrogens with zero attached hydrogens (tertiary/aromatic N) is 1. The highest BCUT2D eigenvalue weighted by Gasteiger charge is 2.09. The van der Waals surface area contributed by atoms with Crippen LogP contribution in [0.5, 0.6) is 11.8 Å². The molecule has 4 nitrogen and oxygen atoms in total. The average molecular weight is 260 g/mol. The minimum absolute atomic E-state index is 0.0380. The first-order valence-electron chi connectivity index (χ1n) is 3.90. The molecule has 0 unspecified atom stereocenters. The van der Waals surface area contributed by atoms with Crippen LogP contribution in [0.2, 0.25) is 0 Å². The van der Waals surface area contributed by atoms with Gasteiger partial charge in [-0.2, -0.15) is 4.98 Å². The molecule has 0 saturated carbocycles. The molecule has 0 aliphatic rings. The number of ether oxygens (including phenoxy) is 2. The van der Waals surface area contributed by atoms with Gasteiger partial charge in [0.15, 0.2) is 5.78 Å². The Hall–Kier alpha value is -1.10. The highest BCUT2D eigenvalue weighted by molar-refractivity contribution is 9.09. The largest absolute Gasteiger partial charge is 0.481 e. The van der Waals surface area contributed by atoms with Gasteiger partial charge in [-0.25, -0.2) is 0 Å². The summed E-state index contributed by atoms with van der Waals surface area (Å²) < 4.78 is 9.87. The molecule has 1 aromatic rings. The quantitative estimate of drug-likeness (QED) is 0.610. The number of pyridine rings is 1. The van der Waals surface area contributed by atoms with Crippen molar-refractivity contribution < 1.29 is 14.3 Å². The molecule has 0 aliphatic heterocycles. The van der Waals surface area contributed by atoms with Crippen LogP contribution in [0.4, 0.5) is 0 Å². The van der Waals surface area contributed by atoms with E-state index in [9.17, 15) is 4.79 Å². The lowest BCUT2D eigenvalue weighted by Crippen LogP contribution is -2.02. The third kappa shape index (κ3) is 2.45. The molecule has 0 saturated heterocycles. The van der Waals surface area contributed by atoms with Gasteiger partial charge in [-0.1, -0.05) is 15.9 Å². The van der Waals surface area contributed by atoms with Crippen LogP contribution in [-0.4, -0.2) is 30.3 Å². The summed E-state index contributed by atoms with van der Waals surface area (Å²) in [6, 6.07) is 3.15. The fourth-order valence-corrected chi connectivity index (χ4v) is 1.25. The number of aromatic nitrogens is 1. The molecule has 0 atom stereocenters. The standard InChI is InChI=1S/C9H10BrNO3/c1-13-8-3-6(7(12)5-10)4-9(11-8)14-2/h3-4H,5H2,1-2H3. The van der Waals surface area contributed by atoms with Gasteiger partial charge >= 0.3 is 0 Å². The van der Waals surface area contributed by atoms with Gasteiger partial charge in [-0.3, -0.25) is 4.79 Å². The van der Waals surface area contributed by atoms with E-state index in [2.05, 4.69) is 20.9 Å². The second-order valence-corrected chi connectivity index (χ2v) is 3.06. The van der Waals surface area contributed by atoms with Gasteiger partial charge in [0.05, 0.1) is 19.5 Å². The Morgan fingerprint density at radius 3 is 2.21 bits per heavy atom. The highest BCUT2D eigenvalue weighted by Crippen LogP contribution is 2.18. The van der Waals surface area contributed by atoms with Crippen LogP contribution in [0, 0.1) is 0 Å². The molecule has 76 valence electrons. The van der Waals surface area contributed by atoms with Crippen LogP contribution in [-0.2, 0) is 0 Å². The molecular weight excluding hydrogens is 250 g/mol. The first kappa shape index (κ1) is 11.0. The van der Waals surface area contributed by atoms with Crippen molar-refractivity contribution in [2.75, 3.05) is 19.5 Å². The van der Waals surface area contributed by atoms with Crippen molar-refractivity contribution in [3.05, 3.63) is 17.7 Å². The predicted octanol–water partition coefficient (Wildman–Crippen LogP) is 1.68. The molecule has 0 N–H and O–H groups in total. The Bertz CT molecular complexity index is 319. The molecule has 0 fully saturated rings. The zero-order valence-electron chi connectivity index (χ0n) is 7.91. The first-order chi connectivity index (χ1) is 6.71. The predicted molar refractivity (Wildman–Crippen MR) is 55.5 cm³/mol. The van der Waals surface area contributed by atoms with Crippen molar-refractivity contribution in [2.24, 2.45) is 0 Å². The summed E-state index contributed by atoms with van der Waals surface area (Å²) in [5.74, 6) is 0.700. The average Bonchev–Trinajstić information content (AvgIpc) is 2.27. The molecule has 1 aromatic heterocycles. The third-order valence-corrected chi connectivity index (χ3v) is 2.15. The van der Waals surface area contributed by atoms with Crippen molar-refractivity contribution in [3.8, 4) is 11.8 Å². The lowest BCUT2D eigenvalue weighted by molar-refractivity contribution is 0.102. The third-order valence-electron chi connectivity index (χ3n) is 1.64. The Morgan fingerprint density at radius 2 is 1.86 bits per heavy atom. The number of ketones is 1. The van der Waals surface area contributed by atoms with Crippen LogP contribution in [0.15, 0.2) is 12.1 Å². The minimum atomic E-state index is -0.0380. The number of alkyl halides is 1. The lowest BCUT2D eigenvalue weighted by atomic mass is 10.2. The highest BCUT2D eigenvalue weighted by atomic mass is 79.9. The first-order valence-corrected chi connectivity index (χ1v) is 5.02. The van der Waals surface area contributed by atoms with Crippen molar-refractivity contribution >= 4 is 21.7 Å². The lowest BCUT2D eigenvalue weighted by Gasteiger charge is -2.05. The molecule has 14 heavy (non-hydrogen) atoms. The van der Waals surface area contributed by atoms with Crippen molar-refractivity contribution in [2.45, 2.75) is 0 Å². The van der Waals surface area contributed by atoms with Crippen LogP contribution in [0.1, 0.15) is 10.4 Å². The number of halogens is 1. The monoisotopic (exact) mass is 259 g/mol. The van der Waals surface area contributed by atoms with Crippen LogP contribution < -0.4 is 9.47 Å². The van der Waals surface area contributed by atoms with E-state index in [-0.39, 0.29) is 11.1 Å².